The Morgan fingerprint density at radius 1 is 0.425 bits per heavy atom. The number of hydrogen-bond acceptors (Lipinski definition) is 21. The molecular weight excluding hydrogens is 1530 g/mol. The quantitative estimate of drug-likeness (QED) is 0.00837. The van der Waals surface area contributed by atoms with E-state index in [9.17, 15) is 77.1 Å². The second-order valence-corrected chi connectivity index (χ2v) is 33.3. The molecule has 7 aromatic rings. The van der Waals surface area contributed by atoms with Crippen LogP contribution in [0.1, 0.15) is 133 Å². The van der Waals surface area contributed by atoms with Gasteiger partial charge in [0.15, 0.2) is 0 Å². The lowest BCUT2D eigenvalue weighted by molar-refractivity contribution is -0.159. The highest BCUT2D eigenvalue weighted by Gasteiger charge is 2.35. The molecule has 12 N–H and O–H groups in total. The highest BCUT2D eigenvalue weighted by atomic mass is 32.2. The van der Waals surface area contributed by atoms with Crippen molar-refractivity contribution in [3.63, 3.8) is 0 Å². The lowest BCUT2D eigenvalue weighted by Crippen LogP contribution is -2.47. The van der Waals surface area contributed by atoms with E-state index < -0.39 is 109 Å². The number of carboxylic acids is 1. The fourth-order valence-electron chi connectivity index (χ4n) is 9.24. The Morgan fingerprint density at radius 3 is 0.841 bits per heavy atom. The topological polar surface area (TPSA) is 440 Å². The van der Waals surface area contributed by atoms with Gasteiger partial charge in [-0.3, -0.25) is 38.4 Å². The minimum Gasteiger partial charge on any atom is -0.480 e. The largest absolute Gasteiger partial charge is 0.488 e. The first-order chi connectivity index (χ1) is 52.2. The van der Waals surface area contributed by atoms with E-state index in [0.717, 1.165) is 55.6 Å². The van der Waals surface area contributed by atoms with Gasteiger partial charge in [0.05, 0.1) is 14.7 Å². The summed E-state index contributed by atoms with van der Waals surface area (Å²) in [6.45, 7) is 27.9. The fourth-order valence-corrected chi connectivity index (χ4v) is 13.2. The second-order valence-electron chi connectivity index (χ2n) is 28.2. The van der Waals surface area contributed by atoms with Gasteiger partial charge in [-0.2, -0.15) is 27.3 Å². The van der Waals surface area contributed by atoms with Crippen LogP contribution in [0.2, 0.25) is 0 Å². The Labute approximate surface area is 659 Å². The Kier molecular flexibility index (Phi) is 40.1. The zero-order chi connectivity index (χ0) is 86.2. The zero-order valence-electron chi connectivity index (χ0n) is 65.9. The van der Waals surface area contributed by atoms with E-state index in [1.807, 2.05) is 72.8 Å². The molecule has 0 fully saturated rings. The highest BCUT2D eigenvalue weighted by Crippen LogP contribution is 2.27. The van der Waals surface area contributed by atoms with Gasteiger partial charge >= 0.3 is 43.1 Å². The van der Waals surface area contributed by atoms with Crippen LogP contribution in [0.15, 0.2) is 185 Å². The number of carbonyl (C=O) groups excluding carboxylic acids is 7. The van der Waals surface area contributed by atoms with Crippen molar-refractivity contribution < 1.29 is 106 Å². The first-order valence-electron chi connectivity index (χ1n) is 35.1. The van der Waals surface area contributed by atoms with Crippen molar-refractivity contribution in [1.82, 2.24) is 24.8 Å². The van der Waals surface area contributed by atoms with Crippen LogP contribution < -0.4 is 41.7 Å². The number of benzene rings is 7. The van der Waals surface area contributed by atoms with Crippen molar-refractivity contribution in [2.75, 3.05) is 0 Å². The number of carbonyl (C=O) groups is 8. The van der Waals surface area contributed by atoms with Crippen molar-refractivity contribution in [2.24, 2.45) is 29.2 Å². The molecule has 7 aromatic carbocycles. The molecule has 7 rings (SSSR count). The number of alkyl halides is 3. The first-order valence-corrected chi connectivity index (χ1v) is 39.6. The van der Waals surface area contributed by atoms with E-state index >= 15 is 0 Å². The van der Waals surface area contributed by atoms with Crippen LogP contribution in [0.25, 0.3) is 33.4 Å². The maximum absolute atomic E-state index is 12.9. The number of esters is 4. The van der Waals surface area contributed by atoms with Gasteiger partial charge in [0.1, 0.15) is 29.3 Å². The zero-order valence-corrected chi connectivity index (χ0v) is 68.4. The van der Waals surface area contributed by atoms with Crippen LogP contribution in [0, 0.1) is 17.8 Å². The summed E-state index contributed by atoms with van der Waals surface area (Å²) in [4.78, 5) is 86.7. The summed E-state index contributed by atoms with van der Waals surface area (Å²) < 4.78 is 129. The van der Waals surface area contributed by atoms with E-state index in [4.69, 9.17) is 35.8 Å². The second kappa shape index (κ2) is 45.7. The summed E-state index contributed by atoms with van der Waals surface area (Å²) in [5.74, 6) is -4.66. The van der Waals surface area contributed by atoms with Gasteiger partial charge < -0.3 is 51.5 Å². The molecule has 34 heteroatoms. The van der Waals surface area contributed by atoms with Crippen molar-refractivity contribution >= 4 is 90.6 Å². The van der Waals surface area contributed by atoms with E-state index in [0.29, 0.717) is 31.6 Å². The Bertz CT molecular complexity index is 4570. The van der Waals surface area contributed by atoms with E-state index in [1.165, 1.54) is 64.1 Å². The average Bonchev–Trinajstić information content (AvgIpc) is 0.819. The van der Waals surface area contributed by atoms with Crippen molar-refractivity contribution in [3.05, 3.63) is 192 Å². The summed E-state index contributed by atoms with van der Waals surface area (Å²) in [5.41, 5.74) is 19.3. The van der Waals surface area contributed by atoms with Crippen molar-refractivity contribution in [3.8, 4) is 33.4 Å². The normalized spacial score (nSPS) is 12.2. The molecule has 3 atom stereocenters. The molecule has 0 radical (unpaired) electrons. The van der Waals surface area contributed by atoms with E-state index in [1.54, 1.807) is 144 Å². The van der Waals surface area contributed by atoms with Gasteiger partial charge in [0, 0.05) is 53.9 Å². The maximum Gasteiger partial charge on any atom is 0.488 e. The molecule has 616 valence electrons. The SMILES string of the molecule is CC(=O)NCc1ccc(-c2ccc(S(=O)(=O)N[C@@H](C(=O)O)C(C)C)cc2)cc1.CC(=O)NCc1ccc(-c2ccc(S(=O)(=O)N[C@@H](C(=O)OC(C)(C)C)C(C)C)cc2)cc1.CC(=O)OC(C)=O.CC(C)[C@@H](NS(=O)(=O)c1ccc(-c2ccc(CN)cc2)cc1)C(=O)OC(C)(C)C.NCc1ccc(B(O)O)cc1.O=CC(F)(F)F. The van der Waals surface area contributed by atoms with Crippen molar-refractivity contribution in [1.29, 1.82) is 0 Å². The van der Waals surface area contributed by atoms with Crippen LogP contribution in [0.5, 0.6) is 0 Å². The molecule has 0 bridgehead atoms. The minimum atomic E-state index is -4.64. The minimum absolute atomic E-state index is 0.00503. The fraction of sp³-hybridized carbons (Fsp3) is 0.367. The number of ether oxygens (including phenoxy) is 3. The molecule has 2 amide bonds. The third-order valence-corrected chi connectivity index (χ3v) is 19.4. The predicted octanol–water partition coefficient (Wildman–Crippen LogP) is 9.14. The van der Waals surface area contributed by atoms with Gasteiger partial charge in [0.2, 0.25) is 48.2 Å². The summed E-state index contributed by atoms with van der Waals surface area (Å²) in [7, 11) is -13.1. The number of aldehydes is 1. The standard InChI is InChI=1S/C24H32N2O5S.C22H30N2O4S.C20H24N2O5S.C7H10BNO2.C4H6O3.C2HF3O/c1-16(2)22(23(28)31-24(4,5)6)26-32(29,30)21-13-11-20(12-14-21)19-9-7-18(8-10-19)15-25-17(3)27;1-15(2)20(21(25)28-22(3,4)5)24-29(26,27)19-12-10-18(11-13-19)17-8-6-16(14-23)7-9-17;1-13(2)19(20(24)25)22-28(26,27)18-10-8-17(9-11-18)16-6-4-15(5-7-16)12-21-14(3)23;9-5-6-1-3-7(4-2-6)8(10)11;1-3(5)7-4(2)6;3-2(4,5)1-6/h7-14,16,22,26H,15H2,1-6H3,(H,25,27);6-13,15,20,24H,14,23H2,1-5H3;4-11,13,19,22H,12H2,1-3H3,(H,21,23)(H,24,25);1-4,10-11H,5,9H2;1-2H3;1H/t22-;20-;19-;;;/m111.../s1. The molecule has 0 saturated carbocycles. The highest BCUT2D eigenvalue weighted by molar-refractivity contribution is 7.90. The monoisotopic (exact) mass is 1630 g/mol. The van der Waals surface area contributed by atoms with Gasteiger partial charge in [-0.25, -0.2) is 25.3 Å². The molecule has 0 aliphatic heterocycles. The molecular formula is C79H103BF3N7O20S3. The van der Waals surface area contributed by atoms with Gasteiger partial charge in [0.25, 0.3) is 0 Å². The Hall–Kier alpha value is -9.88. The van der Waals surface area contributed by atoms with Crippen molar-refractivity contribution in [2.45, 2.75) is 187 Å². The van der Waals surface area contributed by atoms with Crippen LogP contribution >= 0.6 is 0 Å². The molecule has 0 spiro atoms. The number of hydrogen-bond donors (Lipinski definition) is 10. The molecule has 0 aliphatic carbocycles. The third-order valence-electron chi connectivity index (χ3n) is 15.0. The number of nitrogens with one attached hydrogen (secondary N) is 5. The summed E-state index contributed by atoms with van der Waals surface area (Å²) in [6.07, 6.45) is -5.70. The van der Waals surface area contributed by atoms with Crippen LogP contribution in [-0.2, 0) is 109 Å². The Morgan fingerprint density at radius 2 is 0.655 bits per heavy atom. The number of sulfonamides is 3. The number of amides is 2. The lowest BCUT2D eigenvalue weighted by Gasteiger charge is -2.26. The number of rotatable bonds is 25. The molecule has 0 saturated heterocycles. The van der Waals surface area contributed by atoms with Crippen LogP contribution in [-0.4, -0.2) is 131 Å². The van der Waals surface area contributed by atoms with Gasteiger partial charge in [-0.1, -0.05) is 175 Å². The van der Waals surface area contributed by atoms with Crippen LogP contribution in [0.4, 0.5) is 13.2 Å². The molecule has 0 unspecified atom stereocenters. The molecule has 0 aliphatic rings. The summed E-state index contributed by atoms with van der Waals surface area (Å²) in [5, 5.41) is 32.1. The molecule has 0 heterocycles. The first kappa shape index (κ1) is 99.2. The average molecular weight is 1630 g/mol. The van der Waals surface area contributed by atoms with E-state index in [-0.39, 0.29) is 44.3 Å². The number of halogens is 3. The van der Waals surface area contributed by atoms with Gasteiger partial charge in [-0.05, 0) is 157 Å². The Balaban J connectivity index is 0.000000500. The molecule has 27 nitrogen and oxygen atoms in total. The molecule has 0 aromatic heterocycles. The smallest absolute Gasteiger partial charge is 0.480 e. The molecule has 113 heavy (non-hydrogen) atoms. The number of carboxylic acid groups (broad SMARTS) is 1. The predicted molar refractivity (Wildman–Crippen MR) is 423 cm³/mol. The van der Waals surface area contributed by atoms with Gasteiger partial charge in [-0.15, -0.1) is 0 Å². The third kappa shape index (κ3) is 38.0. The summed E-state index contributed by atoms with van der Waals surface area (Å²) >= 11 is 0. The summed E-state index contributed by atoms with van der Waals surface area (Å²) in [6, 6.07) is 45.9. The number of aliphatic carboxylic acids is 1. The number of nitrogens with two attached hydrogens (primary N) is 2. The maximum atomic E-state index is 12.9. The van der Waals surface area contributed by atoms with Crippen LogP contribution in [0.3, 0.4) is 0 Å². The van der Waals surface area contributed by atoms with E-state index in [2.05, 4.69) is 29.5 Å². The lowest BCUT2D eigenvalue weighted by atomic mass is 9.80.